The number of hydrogen-bond acceptors (Lipinski definition) is 2. The third-order valence-electron chi connectivity index (χ3n) is 1.96. The molecular formula is C11H13BrO3. The maximum atomic E-state index is 10.4. The van der Waals surface area contributed by atoms with Gasteiger partial charge in [0.05, 0.1) is 4.47 Å². The van der Waals surface area contributed by atoms with Crippen LogP contribution < -0.4 is 4.74 Å². The van der Waals surface area contributed by atoms with E-state index in [1.165, 1.54) is 0 Å². The van der Waals surface area contributed by atoms with Crippen LogP contribution >= 0.6 is 15.9 Å². The molecule has 0 bridgehead atoms. The zero-order valence-electron chi connectivity index (χ0n) is 8.66. The summed E-state index contributed by atoms with van der Waals surface area (Å²) in [5.74, 6) is -0.0540. The van der Waals surface area contributed by atoms with Gasteiger partial charge >= 0.3 is 5.97 Å². The first-order valence-corrected chi connectivity index (χ1v) is 5.44. The number of hydrogen-bond donors (Lipinski definition) is 1. The van der Waals surface area contributed by atoms with E-state index in [4.69, 9.17) is 9.84 Å². The Morgan fingerprint density at radius 2 is 2.20 bits per heavy atom. The molecule has 0 aliphatic heterocycles. The number of aliphatic carboxylic acids is 1. The second kappa shape index (κ2) is 5.16. The van der Waals surface area contributed by atoms with E-state index in [-0.39, 0.29) is 6.61 Å². The van der Waals surface area contributed by atoms with Crippen LogP contribution in [0.25, 0.3) is 0 Å². The molecule has 4 heteroatoms. The summed E-state index contributed by atoms with van der Waals surface area (Å²) in [6, 6.07) is 5.68. The summed E-state index contributed by atoms with van der Waals surface area (Å²) in [6.07, 6.45) is 0. The van der Waals surface area contributed by atoms with Gasteiger partial charge in [0.15, 0.2) is 6.61 Å². The van der Waals surface area contributed by atoms with Crippen molar-refractivity contribution in [2.45, 2.75) is 19.8 Å². The maximum absolute atomic E-state index is 10.4. The van der Waals surface area contributed by atoms with Gasteiger partial charge < -0.3 is 9.84 Å². The molecule has 0 atom stereocenters. The number of rotatable bonds is 4. The molecule has 1 rings (SSSR count). The smallest absolute Gasteiger partial charge is 0.341 e. The van der Waals surface area contributed by atoms with E-state index in [9.17, 15) is 4.79 Å². The van der Waals surface area contributed by atoms with Crippen LogP contribution in [0.4, 0.5) is 0 Å². The van der Waals surface area contributed by atoms with Crippen LogP contribution in [0, 0.1) is 0 Å². The van der Waals surface area contributed by atoms with E-state index in [0.717, 1.165) is 10.0 Å². The molecule has 0 spiro atoms. The van der Waals surface area contributed by atoms with Gasteiger partial charge in [-0.15, -0.1) is 0 Å². The first-order valence-electron chi connectivity index (χ1n) is 4.65. The Kier molecular flexibility index (Phi) is 4.15. The van der Waals surface area contributed by atoms with Crippen LogP contribution in [0.15, 0.2) is 22.7 Å². The van der Waals surface area contributed by atoms with E-state index in [2.05, 4.69) is 15.9 Å². The number of benzene rings is 1. The standard InChI is InChI=1S/C11H13BrO3/c1-7(2)8-4-3-5-9(12)11(8)15-6-10(13)14/h3-5,7H,6H2,1-2H3,(H,13,14). The lowest BCUT2D eigenvalue weighted by Gasteiger charge is -2.14. The van der Waals surface area contributed by atoms with Crippen LogP contribution in [0.1, 0.15) is 25.3 Å². The van der Waals surface area contributed by atoms with Crippen LogP contribution in [0.5, 0.6) is 5.75 Å². The van der Waals surface area contributed by atoms with Crippen molar-refractivity contribution in [3.63, 3.8) is 0 Å². The minimum absolute atomic E-state index is 0.297. The second-order valence-corrected chi connectivity index (χ2v) is 4.35. The maximum Gasteiger partial charge on any atom is 0.341 e. The first-order chi connectivity index (χ1) is 7.02. The summed E-state index contributed by atoms with van der Waals surface area (Å²) in [7, 11) is 0. The molecule has 0 unspecified atom stereocenters. The third-order valence-corrected chi connectivity index (χ3v) is 2.58. The van der Waals surface area contributed by atoms with Gasteiger partial charge in [-0.25, -0.2) is 4.79 Å². The average molecular weight is 273 g/mol. The molecule has 0 aliphatic rings. The van der Waals surface area contributed by atoms with Crippen LogP contribution in [0.2, 0.25) is 0 Å². The predicted octanol–water partition coefficient (Wildman–Crippen LogP) is 3.04. The number of carboxylic acid groups (broad SMARTS) is 1. The van der Waals surface area contributed by atoms with Gasteiger partial charge in [-0.05, 0) is 33.5 Å². The molecule has 0 heterocycles. The highest BCUT2D eigenvalue weighted by Crippen LogP contribution is 2.33. The van der Waals surface area contributed by atoms with Crippen molar-refractivity contribution in [1.29, 1.82) is 0 Å². The quantitative estimate of drug-likeness (QED) is 0.917. The van der Waals surface area contributed by atoms with Crippen molar-refractivity contribution in [1.82, 2.24) is 0 Å². The Hall–Kier alpha value is -1.03. The van der Waals surface area contributed by atoms with Crippen LogP contribution in [0.3, 0.4) is 0 Å². The van der Waals surface area contributed by atoms with E-state index in [1.54, 1.807) is 0 Å². The van der Waals surface area contributed by atoms with Crippen molar-refractivity contribution in [2.24, 2.45) is 0 Å². The monoisotopic (exact) mass is 272 g/mol. The highest BCUT2D eigenvalue weighted by atomic mass is 79.9. The van der Waals surface area contributed by atoms with Crippen molar-refractivity contribution in [3.8, 4) is 5.75 Å². The van der Waals surface area contributed by atoms with Crippen molar-refractivity contribution >= 4 is 21.9 Å². The molecule has 0 amide bonds. The fourth-order valence-corrected chi connectivity index (χ4v) is 1.76. The lowest BCUT2D eigenvalue weighted by atomic mass is 10.0. The lowest BCUT2D eigenvalue weighted by molar-refractivity contribution is -0.139. The van der Waals surface area contributed by atoms with E-state index in [0.29, 0.717) is 11.7 Å². The SMILES string of the molecule is CC(C)c1cccc(Br)c1OCC(=O)O. The molecule has 1 N–H and O–H groups in total. The third kappa shape index (κ3) is 3.23. The van der Waals surface area contributed by atoms with Crippen molar-refractivity contribution < 1.29 is 14.6 Å². The molecule has 0 aromatic heterocycles. The fourth-order valence-electron chi connectivity index (χ4n) is 1.27. The van der Waals surface area contributed by atoms with Crippen molar-refractivity contribution in [2.75, 3.05) is 6.61 Å². The summed E-state index contributed by atoms with van der Waals surface area (Å²) in [6.45, 7) is 3.76. The van der Waals surface area contributed by atoms with Crippen LogP contribution in [-0.4, -0.2) is 17.7 Å². The highest BCUT2D eigenvalue weighted by molar-refractivity contribution is 9.10. The summed E-state index contributed by atoms with van der Waals surface area (Å²) in [5.41, 5.74) is 1.01. The predicted molar refractivity (Wildman–Crippen MR) is 61.4 cm³/mol. The molecule has 0 saturated carbocycles. The van der Waals surface area contributed by atoms with E-state index < -0.39 is 5.97 Å². The molecule has 0 saturated heterocycles. The van der Waals surface area contributed by atoms with Gasteiger partial charge in [-0.1, -0.05) is 26.0 Å². The molecule has 3 nitrogen and oxygen atoms in total. The van der Waals surface area contributed by atoms with Gasteiger partial charge in [0, 0.05) is 0 Å². The van der Waals surface area contributed by atoms with Gasteiger partial charge in [0.2, 0.25) is 0 Å². The van der Waals surface area contributed by atoms with Crippen molar-refractivity contribution in [3.05, 3.63) is 28.2 Å². The first kappa shape index (κ1) is 12.0. The summed E-state index contributed by atoms with van der Waals surface area (Å²) >= 11 is 3.35. The molecule has 1 aromatic carbocycles. The Bertz CT molecular complexity index is 361. The minimum atomic E-state index is -0.972. The number of carboxylic acids is 1. The van der Waals surface area contributed by atoms with Gasteiger partial charge in [-0.2, -0.15) is 0 Å². The topological polar surface area (TPSA) is 46.5 Å². The zero-order chi connectivity index (χ0) is 11.4. The summed E-state index contributed by atoms with van der Waals surface area (Å²) in [5, 5.41) is 8.55. The van der Waals surface area contributed by atoms with Crippen LogP contribution in [-0.2, 0) is 4.79 Å². The number of carbonyl (C=O) groups is 1. The van der Waals surface area contributed by atoms with E-state index >= 15 is 0 Å². The second-order valence-electron chi connectivity index (χ2n) is 3.50. The average Bonchev–Trinajstić information content (AvgIpc) is 2.15. The Labute approximate surface area is 97.2 Å². The number of ether oxygens (including phenoxy) is 1. The largest absolute Gasteiger partial charge is 0.480 e. The Morgan fingerprint density at radius 3 is 2.73 bits per heavy atom. The van der Waals surface area contributed by atoms with Gasteiger partial charge in [0.25, 0.3) is 0 Å². The molecule has 0 fully saturated rings. The molecular weight excluding hydrogens is 260 g/mol. The normalized spacial score (nSPS) is 10.4. The Morgan fingerprint density at radius 1 is 1.53 bits per heavy atom. The fraction of sp³-hybridized carbons (Fsp3) is 0.364. The summed E-state index contributed by atoms with van der Waals surface area (Å²) < 4.78 is 6.03. The molecule has 1 aromatic rings. The molecule has 0 radical (unpaired) electrons. The Balaban J connectivity index is 2.97. The molecule has 0 aliphatic carbocycles. The minimum Gasteiger partial charge on any atom is -0.480 e. The lowest BCUT2D eigenvalue weighted by Crippen LogP contribution is -2.11. The van der Waals surface area contributed by atoms with Gasteiger partial charge in [0.1, 0.15) is 5.75 Å². The number of para-hydroxylation sites is 1. The molecule has 82 valence electrons. The highest BCUT2D eigenvalue weighted by Gasteiger charge is 2.12. The molecule has 15 heavy (non-hydrogen) atoms. The summed E-state index contributed by atoms with van der Waals surface area (Å²) in [4.78, 5) is 10.4. The number of halogens is 1. The van der Waals surface area contributed by atoms with Gasteiger partial charge in [-0.3, -0.25) is 0 Å². The zero-order valence-corrected chi connectivity index (χ0v) is 10.2. The van der Waals surface area contributed by atoms with E-state index in [1.807, 2.05) is 32.0 Å².